The molecule has 2 nitrogen and oxygen atoms in total. The largest absolute Gasteiger partial charge is 0.508 e. The van der Waals surface area contributed by atoms with Crippen LogP contribution in [0.2, 0.25) is 0 Å². The molecule has 1 aromatic rings. The molecule has 1 rings (SSSR count). The minimum absolute atomic E-state index is 0.205. The number of aryl methyl sites for hydroxylation is 2. The minimum atomic E-state index is 0.205. The Labute approximate surface area is 84.6 Å². The van der Waals surface area contributed by atoms with Gasteiger partial charge in [-0.15, -0.1) is 0 Å². The Morgan fingerprint density at radius 2 is 1.79 bits per heavy atom. The molecular formula is C12H16O2. The Balaban J connectivity index is 2.91. The molecule has 14 heavy (non-hydrogen) atoms. The van der Waals surface area contributed by atoms with Crippen molar-refractivity contribution in [1.29, 1.82) is 0 Å². The fourth-order valence-corrected chi connectivity index (χ4v) is 1.67. The van der Waals surface area contributed by atoms with Crippen molar-refractivity contribution >= 4 is 5.78 Å². The van der Waals surface area contributed by atoms with Crippen LogP contribution in [0.1, 0.15) is 30.0 Å². The summed E-state index contributed by atoms with van der Waals surface area (Å²) in [6.45, 7) is 5.52. The number of benzene rings is 1. The predicted molar refractivity (Wildman–Crippen MR) is 56.6 cm³/mol. The van der Waals surface area contributed by atoms with Gasteiger partial charge in [-0.05, 0) is 56.0 Å². The Morgan fingerprint density at radius 3 is 2.21 bits per heavy atom. The molecule has 0 aromatic heterocycles. The number of phenolic OH excluding ortho intramolecular Hbond substituents is 1. The highest BCUT2D eigenvalue weighted by Crippen LogP contribution is 2.21. The molecule has 0 bridgehead atoms. The van der Waals surface area contributed by atoms with E-state index in [-0.39, 0.29) is 5.78 Å². The highest BCUT2D eigenvalue weighted by atomic mass is 16.3. The third-order valence-electron chi connectivity index (χ3n) is 2.41. The van der Waals surface area contributed by atoms with Crippen LogP contribution in [0.25, 0.3) is 0 Å². The highest BCUT2D eigenvalue weighted by Gasteiger charge is 2.05. The van der Waals surface area contributed by atoms with E-state index in [1.54, 1.807) is 19.1 Å². The Bertz CT molecular complexity index is 330. The van der Waals surface area contributed by atoms with Crippen molar-refractivity contribution in [3.8, 4) is 5.75 Å². The summed E-state index contributed by atoms with van der Waals surface area (Å²) in [5.41, 5.74) is 3.30. The first kappa shape index (κ1) is 10.8. The van der Waals surface area contributed by atoms with E-state index in [9.17, 15) is 9.90 Å². The average molecular weight is 192 g/mol. The molecule has 0 radical (unpaired) electrons. The lowest BCUT2D eigenvalue weighted by molar-refractivity contribution is -0.116. The molecule has 0 saturated heterocycles. The number of carbonyl (C=O) groups is 1. The summed E-state index contributed by atoms with van der Waals surface area (Å²) >= 11 is 0. The lowest BCUT2D eigenvalue weighted by Gasteiger charge is -2.09. The predicted octanol–water partition coefficient (Wildman–Crippen LogP) is 2.53. The number of hydrogen-bond acceptors (Lipinski definition) is 2. The minimum Gasteiger partial charge on any atom is -0.508 e. The van der Waals surface area contributed by atoms with Gasteiger partial charge in [0.05, 0.1) is 0 Å². The van der Waals surface area contributed by atoms with Crippen LogP contribution in [0.15, 0.2) is 12.1 Å². The van der Waals surface area contributed by atoms with Crippen LogP contribution in [-0.2, 0) is 11.2 Å². The van der Waals surface area contributed by atoms with Gasteiger partial charge in [-0.1, -0.05) is 0 Å². The normalized spacial score (nSPS) is 10.2. The molecule has 0 aliphatic heterocycles. The van der Waals surface area contributed by atoms with E-state index in [0.29, 0.717) is 12.2 Å². The van der Waals surface area contributed by atoms with Gasteiger partial charge in [0.1, 0.15) is 11.5 Å². The van der Waals surface area contributed by atoms with Crippen molar-refractivity contribution in [2.75, 3.05) is 0 Å². The molecule has 0 fully saturated rings. The fraction of sp³-hybridized carbons (Fsp3) is 0.417. The second-order valence-electron chi connectivity index (χ2n) is 3.76. The molecule has 1 N–H and O–H groups in total. The maximum absolute atomic E-state index is 10.9. The van der Waals surface area contributed by atoms with Gasteiger partial charge in [-0.3, -0.25) is 0 Å². The lowest BCUT2D eigenvalue weighted by Crippen LogP contribution is -1.98. The molecule has 0 atom stereocenters. The van der Waals surface area contributed by atoms with Gasteiger partial charge in [0.15, 0.2) is 0 Å². The number of ketones is 1. The zero-order chi connectivity index (χ0) is 10.7. The third kappa shape index (κ3) is 2.59. The first-order chi connectivity index (χ1) is 6.50. The summed E-state index contributed by atoms with van der Waals surface area (Å²) in [5.74, 6) is 0.503. The number of Topliss-reactive ketones (excluding diaryl/α,β-unsaturated/α-hetero) is 1. The van der Waals surface area contributed by atoms with E-state index in [0.717, 1.165) is 17.5 Å². The van der Waals surface area contributed by atoms with Gasteiger partial charge in [-0.25, -0.2) is 0 Å². The molecule has 0 saturated carbocycles. The quantitative estimate of drug-likeness (QED) is 0.799. The van der Waals surface area contributed by atoms with E-state index in [4.69, 9.17) is 0 Å². The van der Waals surface area contributed by atoms with Gasteiger partial charge in [0.2, 0.25) is 0 Å². The first-order valence-electron chi connectivity index (χ1n) is 4.79. The van der Waals surface area contributed by atoms with Crippen LogP contribution in [0.3, 0.4) is 0 Å². The van der Waals surface area contributed by atoms with Gasteiger partial charge in [-0.2, -0.15) is 0 Å². The van der Waals surface area contributed by atoms with Crippen LogP contribution in [-0.4, -0.2) is 10.9 Å². The van der Waals surface area contributed by atoms with E-state index in [1.807, 2.05) is 13.8 Å². The van der Waals surface area contributed by atoms with Crippen molar-refractivity contribution in [3.63, 3.8) is 0 Å². The summed E-state index contributed by atoms with van der Waals surface area (Å²) in [5, 5.41) is 9.33. The summed E-state index contributed by atoms with van der Waals surface area (Å²) in [4.78, 5) is 10.9. The molecule has 1 aromatic carbocycles. The number of carbonyl (C=O) groups excluding carboxylic acids is 1. The van der Waals surface area contributed by atoms with Gasteiger partial charge >= 0.3 is 0 Å². The molecule has 2 heteroatoms. The number of aromatic hydroxyl groups is 1. The number of rotatable bonds is 3. The Hall–Kier alpha value is -1.31. The molecule has 0 spiro atoms. The topological polar surface area (TPSA) is 37.3 Å². The van der Waals surface area contributed by atoms with E-state index < -0.39 is 0 Å². The third-order valence-corrected chi connectivity index (χ3v) is 2.41. The molecule has 0 amide bonds. The second-order valence-corrected chi connectivity index (χ2v) is 3.76. The van der Waals surface area contributed by atoms with Crippen molar-refractivity contribution in [2.24, 2.45) is 0 Å². The van der Waals surface area contributed by atoms with E-state index in [2.05, 4.69) is 0 Å². The molecule has 0 unspecified atom stereocenters. The molecule has 0 aliphatic rings. The van der Waals surface area contributed by atoms with Crippen molar-refractivity contribution in [2.45, 2.75) is 33.6 Å². The van der Waals surface area contributed by atoms with Crippen LogP contribution in [0.4, 0.5) is 0 Å². The fourth-order valence-electron chi connectivity index (χ4n) is 1.67. The number of phenols is 1. The summed E-state index contributed by atoms with van der Waals surface area (Å²) in [6, 6.07) is 3.48. The van der Waals surface area contributed by atoms with Crippen molar-refractivity contribution in [3.05, 3.63) is 28.8 Å². The summed E-state index contributed by atoms with van der Waals surface area (Å²) < 4.78 is 0. The Kier molecular flexibility index (Phi) is 3.28. The van der Waals surface area contributed by atoms with E-state index in [1.165, 1.54) is 5.56 Å². The number of hydrogen-bond donors (Lipinski definition) is 1. The van der Waals surface area contributed by atoms with Crippen molar-refractivity contribution < 1.29 is 9.90 Å². The SMILES string of the molecule is CC(=O)CCc1c(C)cc(O)cc1C. The highest BCUT2D eigenvalue weighted by molar-refractivity contribution is 5.75. The zero-order valence-corrected chi connectivity index (χ0v) is 8.92. The summed E-state index contributed by atoms with van der Waals surface area (Å²) in [6.07, 6.45) is 1.35. The van der Waals surface area contributed by atoms with Crippen LogP contribution in [0, 0.1) is 13.8 Å². The zero-order valence-electron chi connectivity index (χ0n) is 8.92. The van der Waals surface area contributed by atoms with Crippen LogP contribution in [0.5, 0.6) is 5.75 Å². The molecule has 0 aliphatic carbocycles. The average Bonchev–Trinajstić information content (AvgIpc) is 2.01. The van der Waals surface area contributed by atoms with Crippen LogP contribution >= 0.6 is 0 Å². The molecular weight excluding hydrogens is 176 g/mol. The monoisotopic (exact) mass is 192 g/mol. The smallest absolute Gasteiger partial charge is 0.130 e. The lowest BCUT2D eigenvalue weighted by atomic mass is 9.97. The molecule has 76 valence electrons. The van der Waals surface area contributed by atoms with E-state index >= 15 is 0 Å². The summed E-state index contributed by atoms with van der Waals surface area (Å²) in [7, 11) is 0. The van der Waals surface area contributed by atoms with Crippen LogP contribution < -0.4 is 0 Å². The first-order valence-corrected chi connectivity index (χ1v) is 4.79. The van der Waals surface area contributed by atoms with Crippen molar-refractivity contribution in [1.82, 2.24) is 0 Å². The van der Waals surface area contributed by atoms with Gasteiger partial charge < -0.3 is 9.90 Å². The maximum Gasteiger partial charge on any atom is 0.130 e. The Morgan fingerprint density at radius 1 is 1.29 bits per heavy atom. The maximum atomic E-state index is 10.9. The van der Waals surface area contributed by atoms with Gasteiger partial charge in [0.25, 0.3) is 0 Å². The standard InChI is InChI=1S/C12H16O2/c1-8-6-11(14)7-9(2)12(8)5-4-10(3)13/h6-7,14H,4-5H2,1-3H3. The van der Waals surface area contributed by atoms with Gasteiger partial charge in [0, 0.05) is 6.42 Å². The second kappa shape index (κ2) is 4.27. The molecule has 0 heterocycles.